The molecule has 5 heteroatoms. The van der Waals surface area contributed by atoms with Gasteiger partial charge in [-0.05, 0) is 39.0 Å². The smallest absolute Gasteiger partial charge is 0.327 e. The van der Waals surface area contributed by atoms with Crippen molar-refractivity contribution in [2.45, 2.75) is 52.9 Å². The molecule has 0 aromatic carbocycles. The lowest BCUT2D eigenvalue weighted by Gasteiger charge is -2.34. The summed E-state index contributed by atoms with van der Waals surface area (Å²) >= 11 is 0. The van der Waals surface area contributed by atoms with Crippen LogP contribution in [0.5, 0.6) is 0 Å². The van der Waals surface area contributed by atoms with Gasteiger partial charge in [-0.3, -0.25) is 9.59 Å². The van der Waals surface area contributed by atoms with E-state index in [1.54, 1.807) is 20.8 Å². The van der Waals surface area contributed by atoms with Crippen molar-refractivity contribution in [2.24, 2.45) is 17.3 Å². The summed E-state index contributed by atoms with van der Waals surface area (Å²) in [6.45, 7) is 5.62. The molecule has 0 N–H and O–H groups in total. The second-order valence-electron chi connectivity index (χ2n) is 5.43. The molecule has 1 aliphatic rings. The molecule has 0 aromatic heterocycles. The Bertz CT molecular complexity index is 409. The van der Waals surface area contributed by atoms with Crippen LogP contribution in [-0.4, -0.2) is 25.2 Å². The lowest BCUT2D eigenvalue weighted by molar-refractivity contribution is -0.168. The summed E-state index contributed by atoms with van der Waals surface area (Å²) in [5.74, 6) is -1.75. The van der Waals surface area contributed by atoms with Gasteiger partial charge in [-0.2, -0.15) is 5.26 Å². The Labute approximate surface area is 126 Å². The Morgan fingerprint density at radius 1 is 1.19 bits per heavy atom. The number of carbonyl (C=O) groups excluding carboxylic acids is 2. The van der Waals surface area contributed by atoms with E-state index in [2.05, 4.69) is 6.07 Å². The van der Waals surface area contributed by atoms with Crippen LogP contribution < -0.4 is 0 Å². The highest BCUT2D eigenvalue weighted by Crippen LogP contribution is 2.44. The molecule has 1 rings (SSSR count). The number of carbonyl (C=O) groups is 2. The van der Waals surface area contributed by atoms with Crippen LogP contribution in [0.25, 0.3) is 0 Å². The van der Waals surface area contributed by atoms with Crippen molar-refractivity contribution in [3.8, 4) is 6.07 Å². The van der Waals surface area contributed by atoms with Gasteiger partial charge >= 0.3 is 11.9 Å². The van der Waals surface area contributed by atoms with Gasteiger partial charge in [0.15, 0.2) is 5.41 Å². The van der Waals surface area contributed by atoms with Crippen LogP contribution in [0.2, 0.25) is 0 Å². The Hall–Kier alpha value is -1.57. The molecule has 118 valence electrons. The van der Waals surface area contributed by atoms with E-state index >= 15 is 0 Å². The third-order valence-corrected chi connectivity index (χ3v) is 4.34. The number of esters is 2. The van der Waals surface area contributed by atoms with E-state index in [-0.39, 0.29) is 25.6 Å². The molecular formula is C16H25NO4. The molecule has 0 heterocycles. The fraction of sp³-hybridized carbons (Fsp3) is 0.812. The fourth-order valence-corrected chi connectivity index (χ4v) is 3.26. The molecular weight excluding hydrogens is 270 g/mol. The molecule has 1 saturated carbocycles. The molecule has 0 amide bonds. The molecule has 0 saturated heterocycles. The Kier molecular flexibility index (Phi) is 6.67. The summed E-state index contributed by atoms with van der Waals surface area (Å²) in [6.07, 6.45) is 4.00. The highest BCUT2D eigenvalue weighted by Gasteiger charge is 2.54. The van der Waals surface area contributed by atoms with Crippen LogP contribution in [0.1, 0.15) is 52.9 Å². The first kappa shape index (κ1) is 17.5. The molecule has 0 aromatic rings. The first-order chi connectivity index (χ1) is 10.1. The van der Waals surface area contributed by atoms with Crippen molar-refractivity contribution in [3.63, 3.8) is 0 Å². The average molecular weight is 295 g/mol. The van der Waals surface area contributed by atoms with Gasteiger partial charge in [0.05, 0.1) is 25.2 Å². The number of hydrogen-bond donors (Lipinski definition) is 0. The predicted octanol–water partition coefficient (Wildman–Crippen LogP) is 2.84. The number of ether oxygens (including phenoxy) is 2. The van der Waals surface area contributed by atoms with Crippen LogP contribution in [0, 0.1) is 28.6 Å². The molecule has 0 aliphatic heterocycles. The molecule has 2 atom stereocenters. The van der Waals surface area contributed by atoms with Gasteiger partial charge in [-0.25, -0.2) is 0 Å². The van der Waals surface area contributed by atoms with Crippen molar-refractivity contribution in [3.05, 3.63) is 0 Å². The molecule has 1 aliphatic carbocycles. The summed E-state index contributed by atoms with van der Waals surface area (Å²) < 4.78 is 10.2. The number of rotatable bonds is 7. The van der Waals surface area contributed by atoms with Gasteiger partial charge in [0.2, 0.25) is 0 Å². The van der Waals surface area contributed by atoms with Crippen LogP contribution in [0.15, 0.2) is 0 Å². The summed E-state index contributed by atoms with van der Waals surface area (Å²) in [5, 5.41) is 9.66. The lowest BCUT2D eigenvalue weighted by Crippen LogP contribution is -2.46. The molecule has 21 heavy (non-hydrogen) atoms. The third kappa shape index (κ3) is 3.55. The van der Waals surface area contributed by atoms with E-state index in [4.69, 9.17) is 9.47 Å². The van der Waals surface area contributed by atoms with Gasteiger partial charge in [-0.15, -0.1) is 0 Å². The first-order valence-electron chi connectivity index (χ1n) is 7.82. The Morgan fingerprint density at radius 2 is 1.76 bits per heavy atom. The van der Waals surface area contributed by atoms with E-state index in [0.29, 0.717) is 0 Å². The van der Waals surface area contributed by atoms with E-state index in [1.165, 1.54) is 0 Å². The minimum atomic E-state index is -1.43. The SMILES string of the molecule is CCOC(=O)C(C1CCCC1)C(C#N)(CC)C(=O)OCC. The summed E-state index contributed by atoms with van der Waals surface area (Å²) in [6, 6.07) is 2.09. The minimum Gasteiger partial charge on any atom is -0.466 e. The van der Waals surface area contributed by atoms with Gasteiger partial charge < -0.3 is 9.47 Å². The van der Waals surface area contributed by atoms with Crippen molar-refractivity contribution in [2.75, 3.05) is 13.2 Å². The molecule has 1 fully saturated rings. The maximum atomic E-state index is 12.4. The molecule has 2 unspecified atom stereocenters. The van der Waals surface area contributed by atoms with E-state index in [0.717, 1.165) is 25.7 Å². The summed E-state index contributed by atoms with van der Waals surface area (Å²) in [5.41, 5.74) is -1.43. The monoisotopic (exact) mass is 295 g/mol. The summed E-state index contributed by atoms with van der Waals surface area (Å²) in [7, 11) is 0. The first-order valence-corrected chi connectivity index (χ1v) is 7.82. The van der Waals surface area contributed by atoms with Gasteiger partial charge in [0.1, 0.15) is 0 Å². The van der Waals surface area contributed by atoms with Crippen molar-refractivity contribution >= 4 is 11.9 Å². The number of nitriles is 1. The van der Waals surface area contributed by atoms with Gasteiger partial charge in [0, 0.05) is 0 Å². The molecule has 5 nitrogen and oxygen atoms in total. The van der Waals surface area contributed by atoms with Crippen LogP contribution in [0.4, 0.5) is 0 Å². The number of nitrogens with zero attached hydrogens (tertiary/aromatic N) is 1. The lowest BCUT2D eigenvalue weighted by atomic mass is 9.67. The van der Waals surface area contributed by atoms with Crippen LogP contribution in [0.3, 0.4) is 0 Å². The average Bonchev–Trinajstić information content (AvgIpc) is 2.98. The highest BCUT2D eigenvalue weighted by molar-refractivity contribution is 5.88. The van der Waals surface area contributed by atoms with Crippen LogP contribution >= 0.6 is 0 Å². The molecule has 0 bridgehead atoms. The zero-order chi connectivity index (χ0) is 15.9. The molecule has 0 spiro atoms. The quantitative estimate of drug-likeness (QED) is 0.675. The topological polar surface area (TPSA) is 76.4 Å². The van der Waals surface area contributed by atoms with Gasteiger partial charge in [0.25, 0.3) is 0 Å². The number of hydrogen-bond acceptors (Lipinski definition) is 5. The second kappa shape index (κ2) is 8.02. The van der Waals surface area contributed by atoms with E-state index in [9.17, 15) is 14.9 Å². The Morgan fingerprint density at radius 3 is 2.19 bits per heavy atom. The third-order valence-electron chi connectivity index (χ3n) is 4.34. The van der Waals surface area contributed by atoms with E-state index in [1.807, 2.05) is 0 Å². The standard InChI is InChI=1S/C16H25NO4/c1-4-16(11-17,15(19)21-6-3)13(14(18)20-5-2)12-9-7-8-10-12/h12-13H,4-10H2,1-3H3. The largest absolute Gasteiger partial charge is 0.466 e. The predicted molar refractivity (Wildman–Crippen MR) is 77.1 cm³/mol. The Balaban J connectivity index is 3.19. The highest BCUT2D eigenvalue weighted by atomic mass is 16.5. The van der Waals surface area contributed by atoms with Crippen molar-refractivity contribution < 1.29 is 19.1 Å². The maximum Gasteiger partial charge on any atom is 0.327 e. The van der Waals surface area contributed by atoms with Crippen LogP contribution in [-0.2, 0) is 19.1 Å². The van der Waals surface area contributed by atoms with Crippen molar-refractivity contribution in [1.82, 2.24) is 0 Å². The minimum absolute atomic E-state index is 0.0213. The van der Waals surface area contributed by atoms with Crippen molar-refractivity contribution in [1.29, 1.82) is 5.26 Å². The fourth-order valence-electron chi connectivity index (χ4n) is 3.26. The second-order valence-corrected chi connectivity index (χ2v) is 5.43. The zero-order valence-electron chi connectivity index (χ0n) is 13.2. The summed E-state index contributed by atoms with van der Waals surface area (Å²) in [4.78, 5) is 24.8. The van der Waals surface area contributed by atoms with Gasteiger partial charge in [-0.1, -0.05) is 19.8 Å². The van der Waals surface area contributed by atoms with E-state index < -0.39 is 23.3 Å². The zero-order valence-corrected chi connectivity index (χ0v) is 13.2. The maximum absolute atomic E-state index is 12.4. The molecule has 0 radical (unpaired) electrons. The normalized spacial score (nSPS) is 19.3.